The summed E-state index contributed by atoms with van der Waals surface area (Å²) in [6.45, 7) is 2.73. The van der Waals surface area contributed by atoms with Crippen LogP contribution in [0.25, 0.3) is 10.2 Å². The molecule has 2 N–H and O–H groups in total. The lowest BCUT2D eigenvalue weighted by Crippen LogP contribution is -2.25. The van der Waals surface area contributed by atoms with Gasteiger partial charge >= 0.3 is 0 Å². The van der Waals surface area contributed by atoms with Crippen molar-refractivity contribution in [3.05, 3.63) is 26.6 Å². The molecule has 7 heteroatoms. The molecule has 5 nitrogen and oxygen atoms in total. The molecule has 0 radical (unpaired) electrons. The monoisotopic (exact) mass is 337 g/mol. The summed E-state index contributed by atoms with van der Waals surface area (Å²) in [6, 6.07) is 0. The zero-order valence-corrected chi connectivity index (χ0v) is 14.2. The van der Waals surface area contributed by atoms with E-state index in [0.717, 1.165) is 35.9 Å². The predicted molar refractivity (Wildman–Crippen MR) is 91.7 cm³/mol. The molecule has 0 aromatic carbocycles. The number of aromatic nitrogens is 2. The quantitative estimate of drug-likeness (QED) is 0.848. The van der Waals surface area contributed by atoms with Gasteiger partial charge in [-0.05, 0) is 31.2 Å². The number of H-pyrrole nitrogens is 1. The average molecular weight is 337 g/mol. The molecule has 1 aliphatic carbocycles. The van der Waals surface area contributed by atoms with Crippen LogP contribution in [0.3, 0.4) is 0 Å². The van der Waals surface area contributed by atoms with Crippen molar-refractivity contribution in [3.8, 4) is 0 Å². The van der Waals surface area contributed by atoms with Crippen molar-refractivity contribution in [2.75, 3.05) is 12.3 Å². The first-order valence-electron chi connectivity index (χ1n) is 7.57. The Labute approximate surface area is 136 Å². The summed E-state index contributed by atoms with van der Waals surface area (Å²) in [4.78, 5) is 33.4. The maximum Gasteiger partial charge on any atom is 0.259 e. The second-order valence-corrected chi connectivity index (χ2v) is 7.46. The number of hydrogen-bond acceptors (Lipinski definition) is 5. The molecule has 0 unspecified atom stereocenters. The third kappa shape index (κ3) is 3.20. The number of amides is 1. The van der Waals surface area contributed by atoms with Crippen molar-refractivity contribution in [3.63, 3.8) is 0 Å². The van der Waals surface area contributed by atoms with E-state index in [1.807, 2.05) is 6.92 Å². The third-order valence-electron chi connectivity index (χ3n) is 3.67. The van der Waals surface area contributed by atoms with Crippen LogP contribution >= 0.6 is 23.1 Å². The van der Waals surface area contributed by atoms with Crippen LogP contribution in [0.5, 0.6) is 0 Å². The van der Waals surface area contributed by atoms with E-state index < -0.39 is 0 Å². The highest BCUT2D eigenvalue weighted by Gasteiger charge is 2.21. The first kappa shape index (κ1) is 15.6. The molecule has 0 spiro atoms. The number of carbonyl (C=O) groups excluding carboxylic acids is 1. The molecule has 0 saturated heterocycles. The average Bonchev–Trinajstić information content (AvgIpc) is 3.05. The molecule has 22 heavy (non-hydrogen) atoms. The Morgan fingerprint density at radius 3 is 3.14 bits per heavy atom. The van der Waals surface area contributed by atoms with Crippen molar-refractivity contribution in [2.45, 2.75) is 38.4 Å². The van der Waals surface area contributed by atoms with E-state index in [-0.39, 0.29) is 11.5 Å². The van der Waals surface area contributed by atoms with Gasteiger partial charge in [0.15, 0.2) is 0 Å². The fraction of sp³-hybridized carbons (Fsp3) is 0.533. The minimum atomic E-state index is -0.0320. The highest BCUT2D eigenvalue weighted by molar-refractivity contribution is 7.99. The van der Waals surface area contributed by atoms with Gasteiger partial charge in [-0.1, -0.05) is 6.92 Å². The van der Waals surface area contributed by atoms with Crippen molar-refractivity contribution in [2.24, 2.45) is 0 Å². The predicted octanol–water partition coefficient (Wildman–Crippen LogP) is 2.23. The van der Waals surface area contributed by atoms with E-state index in [1.165, 1.54) is 22.2 Å². The maximum atomic E-state index is 12.3. The number of nitrogens with one attached hydrogen (secondary N) is 2. The van der Waals surface area contributed by atoms with Gasteiger partial charge in [-0.3, -0.25) is 9.59 Å². The lowest BCUT2D eigenvalue weighted by atomic mass is 10.2. The standard InChI is InChI=1S/C15H19N3O2S2/c1-2-6-16-12(19)8-21-7-11-17-14(20)13-9-4-3-5-10(9)22-15(13)18-11/h2-8H2,1H3,(H,16,19)(H,17,18,20). The Morgan fingerprint density at radius 2 is 2.32 bits per heavy atom. The van der Waals surface area contributed by atoms with Gasteiger partial charge in [0.25, 0.3) is 5.56 Å². The van der Waals surface area contributed by atoms with Crippen LogP contribution in [-0.2, 0) is 23.4 Å². The zero-order chi connectivity index (χ0) is 15.5. The number of aryl methyl sites for hydroxylation is 2. The number of fused-ring (bicyclic) bond motifs is 3. The van der Waals surface area contributed by atoms with Crippen molar-refractivity contribution in [1.29, 1.82) is 0 Å². The number of nitrogens with zero attached hydrogens (tertiary/aromatic N) is 1. The van der Waals surface area contributed by atoms with E-state index in [1.54, 1.807) is 11.3 Å². The highest BCUT2D eigenvalue weighted by Crippen LogP contribution is 2.34. The molecule has 2 aromatic heterocycles. The maximum absolute atomic E-state index is 12.3. The molecule has 1 amide bonds. The first-order chi connectivity index (χ1) is 10.7. The molecule has 2 heterocycles. The molecule has 0 fully saturated rings. The van der Waals surface area contributed by atoms with Crippen LogP contribution in [0, 0.1) is 0 Å². The summed E-state index contributed by atoms with van der Waals surface area (Å²) in [5.74, 6) is 1.63. The van der Waals surface area contributed by atoms with E-state index in [4.69, 9.17) is 0 Å². The van der Waals surface area contributed by atoms with Crippen LogP contribution in [0.15, 0.2) is 4.79 Å². The Hall–Kier alpha value is -1.34. The van der Waals surface area contributed by atoms with Gasteiger partial charge in [0.05, 0.1) is 16.9 Å². The summed E-state index contributed by atoms with van der Waals surface area (Å²) in [6.07, 6.45) is 4.13. The zero-order valence-electron chi connectivity index (χ0n) is 12.5. The van der Waals surface area contributed by atoms with E-state index >= 15 is 0 Å². The molecule has 3 rings (SSSR count). The fourth-order valence-corrected chi connectivity index (χ4v) is 4.67. The summed E-state index contributed by atoms with van der Waals surface area (Å²) >= 11 is 3.12. The number of hydrogen-bond donors (Lipinski definition) is 2. The number of aromatic amines is 1. The number of thioether (sulfide) groups is 1. The Bertz CT molecular complexity index is 751. The molecule has 0 saturated carbocycles. The number of rotatable bonds is 6. The van der Waals surface area contributed by atoms with Crippen molar-refractivity contribution in [1.82, 2.24) is 15.3 Å². The second kappa shape index (κ2) is 6.83. The molecule has 1 aliphatic rings. The van der Waals surface area contributed by atoms with Gasteiger partial charge < -0.3 is 10.3 Å². The molecule has 0 atom stereocenters. The van der Waals surface area contributed by atoms with Crippen molar-refractivity contribution < 1.29 is 4.79 Å². The van der Waals surface area contributed by atoms with Crippen LogP contribution in [0.1, 0.15) is 36.0 Å². The normalized spacial score (nSPS) is 13.5. The molecular formula is C15H19N3O2S2. The van der Waals surface area contributed by atoms with Gasteiger partial charge in [-0.2, -0.15) is 0 Å². The lowest BCUT2D eigenvalue weighted by molar-refractivity contribution is -0.118. The third-order valence-corrected chi connectivity index (χ3v) is 5.80. The molecular weight excluding hydrogens is 318 g/mol. The number of thiophene rings is 1. The Morgan fingerprint density at radius 1 is 1.45 bits per heavy atom. The van der Waals surface area contributed by atoms with Crippen LogP contribution in [0.2, 0.25) is 0 Å². The fourth-order valence-electron chi connectivity index (χ4n) is 2.67. The molecule has 118 valence electrons. The summed E-state index contributed by atoms with van der Waals surface area (Å²) in [7, 11) is 0. The smallest absolute Gasteiger partial charge is 0.259 e. The van der Waals surface area contributed by atoms with E-state index in [2.05, 4.69) is 15.3 Å². The van der Waals surface area contributed by atoms with Gasteiger partial charge in [0, 0.05) is 11.4 Å². The van der Waals surface area contributed by atoms with Crippen LogP contribution in [-0.4, -0.2) is 28.2 Å². The molecule has 2 aromatic rings. The van der Waals surface area contributed by atoms with Gasteiger partial charge in [-0.25, -0.2) is 4.98 Å². The van der Waals surface area contributed by atoms with Crippen molar-refractivity contribution >= 4 is 39.2 Å². The van der Waals surface area contributed by atoms with Crippen LogP contribution < -0.4 is 10.9 Å². The Balaban J connectivity index is 1.68. The molecule has 0 aliphatic heterocycles. The summed E-state index contributed by atoms with van der Waals surface area (Å²) in [5.41, 5.74) is 1.17. The highest BCUT2D eigenvalue weighted by atomic mass is 32.2. The topological polar surface area (TPSA) is 74.8 Å². The summed E-state index contributed by atoms with van der Waals surface area (Å²) < 4.78 is 0. The lowest BCUT2D eigenvalue weighted by Gasteiger charge is -2.03. The van der Waals surface area contributed by atoms with E-state index in [9.17, 15) is 9.59 Å². The first-order valence-corrected chi connectivity index (χ1v) is 9.54. The van der Waals surface area contributed by atoms with E-state index in [0.29, 0.717) is 23.9 Å². The largest absolute Gasteiger partial charge is 0.355 e. The van der Waals surface area contributed by atoms with Crippen LogP contribution in [0.4, 0.5) is 0 Å². The van der Waals surface area contributed by atoms with Gasteiger partial charge in [0.2, 0.25) is 5.91 Å². The minimum absolute atomic E-state index is 0.0320. The SMILES string of the molecule is CCCNC(=O)CSCc1nc2sc3c(c2c(=O)[nH]1)CCC3. The molecule has 0 bridgehead atoms. The van der Waals surface area contributed by atoms with Gasteiger partial charge in [0.1, 0.15) is 10.7 Å². The van der Waals surface area contributed by atoms with Gasteiger partial charge in [-0.15, -0.1) is 23.1 Å². The number of carbonyl (C=O) groups is 1. The summed E-state index contributed by atoms with van der Waals surface area (Å²) in [5, 5.41) is 3.62. The Kier molecular flexibility index (Phi) is 4.83. The second-order valence-electron chi connectivity index (χ2n) is 5.39. The minimum Gasteiger partial charge on any atom is -0.355 e.